The summed E-state index contributed by atoms with van der Waals surface area (Å²) < 4.78 is 12.4. The first-order valence-corrected chi connectivity index (χ1v) is 8.79. The molecule has 118 valence electrons. The number of hydrogen-bond donors (Lipinski definition) is 1. The molecule has 1 fully saturated rings. The van der Waals surface area contributed by atoms with E-state index in [0.717, 1.165) is 49.4 Å². The Hall–Kier alpha value is -0.580. The molecule has 0 aliphatic carbocycles. The van der Waals surface area contributed by atoms with Gasteiger partial charge < -0.3 is 14.8 Å². The fourth-order valence-electron chi connectivity index (χ4n) is 2.84. The van der Waals surface area contributed by atoms with Crippen LogP contribution in [0.1, 0.15) is 44.7 Å². The van der Waals surface area contributed by atoms with Crippen LogP contribution in [0, 0.1) is 5.92 Å². The summed E-state index contributed by atoms with van der Waals surface area (Å²) in [5.41, 5.74) is 1.31. The molecule has 2 atom stereocenters. The quantitative estimate of drug-likeness (QED) is 0.790. The number of ether oxygens (including phenoxy) is 2. The van der Waals surface area contributed by atoms with Crippen molar-refractivity contribution < 1.29 is 9.47 Å². The van der Waals surface area contributed by atoms with Crippen LogP contribution in [-0.4, -0.2) is 26.4 Å². The molecule has 1 aliphatic rings. The van der Waals surface area contributed by atoms with E-state index in [2.05, 4.69) is 53.3 Å². The monoisotopic (exact) mass is 355 g/mol. The summed E-state index contributed by atoms with van der Waals surface area (Å²) in [6.45, 7) is 7.75. The van der Waals surface area contributed by atoms with Gasteiger partial charge >= 0.3 is 0 Å². The third-order valence-corrected chi connectivity index (χ3v) is 4.49. The summed E-state index contributed by atoms with van der Waals surface area (Å²) >= 11 is 3.64. The summed E-state index contributed by atoms with van der Waals surface area (Å²) in [7, 11) is 0. The van der Waals surface area contributed by atoms with E-state index in [0.29, 0.717) is 12.0 Å². The van der Waals surface area contributed by atoms with Gasteiger partial charge in [0.2, 0.25) is 0 Å². The van der Waals surface area contributed by atoms with E-state index in [-0.39, 0.29) is 0 Å². The van der Waals surface area contributed by atoms with Crippen LogP contribution in [-0.2, 0) is 4.74 Å². The van der Waals surface area contributed by atoms with Crippen LogP contribution in [0.25, 0.3) is 0 Å². The number of rotatable bonds is 7. The first-order valence-electron chi connectivity index (χ1n) is 7.99. The van der Waals surface area contributed by atoms with Gasteiger partial charge in [0.25, 0.3) is 0 Å². The number of nitrogens with one attached hydrogen (secondary N) is 1. The predicted molar refractivity (Wildman–Crippen MR) is 89.9 cm³/mol. The number of benzene rings is 1. The predicted octanol–water partition coefficient (Wildman–Crippen LogP) is 4.32. The average molecular weight is 356 g/mol. The molecule has 0 saturated carbocycles. The highest BCUT2D eigenvalue weighted by Crippen LogP contribution is 2.33. The molecule has 0 amide bonds. The smallest absolute Gasteiger partial charge is 0.133 e. The van der Waals surface area contributed by atoms with Crippen molar-refractivity contribution in [1.82, 2.24) is 5.32 Å². The van der Waals surface area contributed by atoms with E-state index >= 15 is 0 Å². The van der Waals surface area contributed by atoms with Crippen LogP contribution >= 0.6 is 15.9 Å². The fraction of sp³-hybridized carbons (Fsp3) is 0.647. The van der Waals surface area contributed by atoms with Crippen LogP contribution in [0.5, 0.6) is 5.75 Å². The molecule has 0 bridgehead atoms. The van der Waals surface area contributed by atoms with Gasteiger partial charge in [-0.25, -0.2) is 0 Å². The molecule has 3 nitrogen and oxygen atoms in total. The lowest BCUT2D eigenvalue weighted by Crippen LogP contribution is -2.33. The van der Waals surface area contributed by atoms with E-state index < -0.39 is 0 Å². The minimum Gasteiger partial charge on any atom is -0.492 e. The molecule has 0 radical (unpaired) electrons. The zero-order valence-corrected chi connectivity index (χ0v) is 14.6. The van der Waals surface area contributed by atoms with Crippen molar-refractivity contribution in [2.24, 2.45) is 5.92 Å². The maximum atomic E-state index is 5.73. The standard InChI is InChI=1S/C17H26BrNO2/c1-3-9-21-16-8-7-13(11-15(16)18)17(19-4-2)14-6-5-10-20-12-14/h7-8,11,14,17,19H,3-6,9-10,12H2,1-2H3. The normalized spacial score (nSPS) is 20.2. The van der Waals surface area contributed by atoms with Crippen LogP contribution in [0.2, 0.25) is 0 Å². The van der Waals surface area contributed by atoms with Crippen molar-refractivity contribution in [3.8, 4) is 5.75 Å². The second-order valence-electron chi connectivity index (χ2n) is 5.55. The summed E-state index contributed by atoms with van der Waals surface area (Å²) in [5, 5.41) is 3.62. The summed E-state index contributed by atoms with van der Waals surface area (Å²) in [5.74, 6) is 1.48. The molecule has 0 aromatic heterocycles. The van der Waals surface area contributed by atoms with Crippen LogP contribution in [0.3, 0.4) is 0 Å². The van der Waals surface area contributed by atoms with Crippen molar-refractivity contribution in [3.63, 3.8) is 0 Å². The lowest BCUT2D eigenvalue weighted by Gasteiger charge is -2.31. The highest BCUT2D eigenvalue weighted by atomic mass is 79.9. The Morgan fingerprint density at radius 3 is 2.90 bits per heavy atom. The Morgan fingerprint density at radius 1 is 1.43 bits per heavy atom. The summed E-state index contributed by atoms with van der Waals surface area (Å²) in [6.07, 6.45) is 3.41. The zero-order chi connectivity index (χ0) is 15.1. The van der Waals surface area contributed by atoms with Gasteiger partial charge in [0.15, 0.2) is 0 Å². The topological polar surface area (TPSA) is 30.5 Å². The van der Waals surface area contributed by atoms with E-state index in [9.17, 15) is 0 Å². The third kappa shape index (κ3) is 4.70. The zero-order valence-electron chi connectivity index (χ0n) is 13.0. The minimum atomic E-state index is 0.354. The minimum absolute atomic E-state index is 0.354. The van der Waals surface area contributed by atoms with E-state index in [1.807, 2.05) is 0 Å². The molecule has 2 rings (SSSR count). The number of halogens is 1. The number of hydrogen-bond acceptors (Lipinski definition) is 3. The first-order chi connectivity index (χ1) is 10.3. The highest BCUT2D eigenvalue weighted by molar-refractivity contribution is 9.10. The average Bonchev–Trinajstić information content (AvgIpc) is 2.52. The molecule has 1 aromatic rings. The van der Waals surface area contributed by atoms with Crippen LogP contribution in [0.4, 0.5) is 0 Å². The molecule has 21 heavy (non-hydrogen) atoms. The molecule has 1 saturated heterocycles. The van der Waals surface area contributed by atoms with Crippen LogP contribution < -0.4 is 10.1 Å². The van der Waals surface area contributed by atoms with Crippen LogP contribution in [0.15, 0.2) is 22.7 Å². The molecule has 1 heterocycles. The molecule has 2 unspecified atom stereocenters. The second kappa shape index (κ2) is 8.76. The third-order valence-electron chi connectivity index (χ3n) is 3.87. The second-order valence-corrected chi connectivity index (χ2v) is 6.41. The molecule has 1 aliphatic heterocycles. The van der Waals surface area contributed by atoms with Crippen molar-refractivity contribution in [3.05, 3.63) is 28.2 Å². The van der Waals surface area contributed by atoms with Gasteiger partial charge in [0.05, 0.1) is 17.7 Å². The molecular formula is C17H26BrNO2. The Morgan fingerprint density at radius 2 is 2.29 bits per heavy atom. The van der Waals surface area contributed by atoms with Gasteiger partial charge in [-0.05, 0) is 59.4 Å². The van der Waals surface area contributed by atoms with Crippen molar-refractivity contribution in [1.29, 1.82) is 0 Å². The van der Waals surface area contributed by atoms with Gasteiger partial charge in [-0.2, -0.15) is 0 Å². The van der Waals surface area contributed by atoms with E-state index in [4.69, 9.17) is 9.47 Å². The van der Waals surface area contributed by atoms with E-state index in [1.54, 1.807) is 0 Å². The maximum Gasteiger partial charge on any atom is 0.133 e. The Balaban J connectivity index is 2.13. The van der Waals surface area contributed by atoms with E-state index in [1.165, 1.54) is 12.0 Å². The lowest BCUT2D eigenvalue weighted by molar-refractivity contribution is 0.0392. The van der Waals surface area contributed by atoms with Crippen molar-refractivity contribution in [2.75, 3.05) is 26.4 Å². The highest BCUT2D eigenvalue weighted by Gasteiger charge is 2.25. The molecule has 1 N–H and O–H groups in total. The lowest BCUT2D eigenvalue weighted by atomic mass is 9.88. The van der Waals surface area contributed by atoms with Gasteiger partial charge in [-0.15, -0.1) is 0 Å². The molecule has 0 spiro atoms. The first kappa shape index (κ1) is 16.8. The van der Waals surface area contributed by atoms with Crippen molar-refractivity contribution >= 4 is 15.9 Å². The van der Waals surface area contributed by atoms with Gasteiger partial charge in [-0.1, -0.05) is 19.9 Å². The molecular weight excluding hydrogens is 330 g/mol. The SMILES string of the molecule is CCCOc1ccc(C(NCC)C2CCCOC2)cc1Br. The van der Waals surface area contributed by atoms with Gasteiger partial charge in [-0.3, -0.25) is 0 Å². The maximum absolute atomic E-state index is 5.73. The van der Waals surface area contributed by atoms with Gasteiger partial charge in [0, 0.05) is 18.6 Å². The molecule has 1 aromatic carbocycles. The fourth-order valence-corrected chi connectivity index (χ4v) is 3.36. The Kier molecular flexibility index (Phi) is 7.00. The Bertz CT molecular complexity index is 433. The summed E-state index contributed by atoms with van der Waals surface area (Å²) in [6, 6.07) is 6.79. The Labute approximate surface area is 136 Å². The summed E-state index contributed by atoms with van der Waals surface area (Å²) in [4.78, 5) is 0. The largest absolute Gasteiger partial charge is 0.492 e. The van der Waals surface area contributed by atoms with Crippen molar-refractivity contribution in [2.45, 2.75) is 39.2 Å². The van der Waals surface area contributed by atoms with Gasteiger partial charge in [0.1, 0.15) is 5.75 Å². The molecule has 4 heteroatoms.